The quantitative estimate of drug-likeness (QED) is 0.673. The van der Waals surface area contributed by atoms with Crippen LogP contribution in [0.1, 0.15) is 40.0 Å². The third-order valence-corrected chi connectivity index (χ3v) is 3.22. The Hall–Kier alpha value is -0.120. The maximum Gasteiger partial charge on any atom is 0.0674 e. The molecule has 2 atom stereocenters. The van der Waals surface area contributed by atoms with Gasteiger partial charge in [0.2, 0.25) is 0 Å². The van der Waals surface area contributed by atoms with Gasteiger partial charge in [-0.3, -0.25) is 4.90 Å². The lowest BCUT2D eigenvalue weighted by molar-refractivity contribution is -0.0350. The maximum atomic E-state index is 5.60. The monoisotopic (exact) mass is 228 g/mol. The summed E-state index contributed by atoms with van der Waals surface area (Å²) in [5.41, 5.74) is 0. The van der Waals surface area contributed by atoms with E-state index in [4.69, 9.17) is 4.74 Å². The second-order valence-electron chi connectivity index (χ2n) is 4.82. The number of hydrogen-bond acceptors (Lipinski definition) is 3. The van der Waals surface area contributed by atoms with E-state index in [-0.39, 0.29) is 0 Å². The highest BCUT2D eigenvalue weighted by atomic mass is 16.5. The van der Waals surface area contributed by atoms with Crippen LogP contribution >= 0.6 is 0 Å². The summed E-state index contributed by atoms with van der Waals surface area (Å²) in [5, 5.41) is 3.55. The first-order chi connectivity index (χ1) is 7.77. The molecule has 1 N–H and O–H groups in total. The van der Waals surface area contributed by atoms with Crippen molar-refractivity contribution in [3.63, 3.8) is 0 Å². The van der Waals surface area contributed by atoms with E-state index in [0.717, 1.165) is 32.8 Å². The molecule has 1 aliphatic rings. The molecule has 0 bridgehead atoms. The van der Waals surface area contributed by atoms with Crippen LogP contribution in [-0.4, -0.2) is 49.8 Å². The lowest BCUT2D eigenvalue weighted by Crippen LogP contribution is -2.50. The molecule has 0 aromatic heterocycles. The van der Waals surface area contributed by atoms with E-state index in [9.17, 15) is 0 Å². The molecule has 0 saturated carbocycles. The van der Waals surface area contributed by atoms with Crippen LogP contribution in [0.3, 0.4) is 0 Å². The van der Waals surface area contributed by atoms with E-state index in [1.807, 2.05) is 0 Å². The zero-order valence-electron chi connectivity index (χ0n) is 11.2. The Balaban J connectivity index is 2.34. The van der Waals surface area contributed by atoms with Crippen LogP contribution in [0.15, 0.2) is 0 Å². The van der Waals surface area contributed by atoms with Gasteiger partial charge in [0.1, 0.15) is 0 Å². The van der Waals surface area contributed by atoms with Crippen molar-refractivity contribution in [1.29, 1.82) is 0 Å². The predicted octanol–water partition coefficient (Wildman–Crippen LogP) is 1.88. The number of ether oxygens (including phenoxy) is 1. The van der Waals surface area contributed by atoms with Crippen molar-refractivity contribution in [3.05, 3.63) is 0 Å². The molecule has 3 nitrogen and oxygen atoms in total. The van der Waals surface area contributed by atoms with Gasteiger partial charge in [0, 0.05) is 25.7 Å². The zero-order chi connectivity index (χ0) is 11.8. The molecule has 1 heterocycles. The van der Waals surface area contributed by atoms with E-state index >= 15 is 0 Å². The van der Waals surface area contributed by atoms with E-state index in [1.165, 1.54) is 19.3 Å². The molecule has 1 saturated heterocycles. The minimum absolute atomic E-state index is 0.402. The van der Waals surface area contributed by atoms with Gasteiger partial charge in [-0.25, -0.2) is 0 Å². The number of nitrogens with zero attached hydrogens (tertiary/aromatic N) is 1. The number of rotatable bonds is 7. The van der Waals surface area contributed by atoms with Gasteiger partial charge in [-0.15, -0.1) is 0 Å². The summed E-state index contributed by atoms with van der Waals surface area (Å²) in [6.45, 7) is 12.0. The van der Waals surface area contributed by atoms with Crippen molar-refractivity contribution < 1.29 is 4.74 Å². The molecule has 1 rings (SSSR count). The standard InChI is InChI=1S/C13H28N2O/c1-4-6-13(10-14-7-5-2)15-8-9-16-12(3)11-15/h12-14H,4-11H2,1-3H3. The minimum Gasteiger partial charge on any atom is -0.376 e. The topological polar surface area (TPSA) is 24.5 Å². The first kappa shape index (κ1) is 13.9. The first-order valence-corrected chi connectivity index (χ1v) is 6.84. The van der Waals surface area contributed by atoms with Crippen LogP contribution in [0.5, 0.6) is 0 Å². The van der Waals surface area contributed by atoms with Crippen molar-refractivity contribution in [2.24, 2.45) is 0 Å². The van der Waals surface area contributed by atoms with Crippen molar-refractivity contribution in [2.75, 3.05) is 32.8 Å². The lowest BCUT2D eigenvalue weighted by atomic mass is 10.1. The van der Waals surface area contributed by atoms with Crippen LogP contribution in [0.25, 0.3) is 0 Å². The molecule has 1 aliphatic heterocycles. The maximum absolute atomic E-state index is 5.60. The molecule has 16 heavy (non-hydrogen) atoms. The second-order valence-corrected chi connectivity index (χ2v) is 4.82. The fourth-order valence-corrected chi connectivity index (χ4v) is 2.37. The summed E-state index contributed by atoms with van der Waals surface area (Å²) >= 11 is 0. The molecular formula is C13H28N2O. The molecule has 3 heteroatoms. The number of morpholine rings is 1. The van der Waals surface area contributed by atoms with Gasteiger partial charge in [-0.2, -0.15) is 0 Å². The Morgan fingerprint density at radius 2 is 2.19 bits per heavy atom. The first-order valence-electron chi connectivity index (χ1n) is 6.84. The molecule has 0 amide bonds. The molecule has 0 aromatic rings. The van der Waals surface area contributed by atoms with Gasteiger partial charge in [0.15, 0.2) is 0 Å². The summed E-state index contributed by atoms with van der Waals surface area (Å²) in [5.74, 6) is 0. The highest BCUT2D eigenvalue weighted by Crippen LogP contribution is 2.12. The summed E-state index contributed by atoms with van der Waals surface area (Å²) in [4.78, 5) is 2.60. The predicted molar refractivity (Wildman–Crippen MR) is 68.8 cm³/mol. The van der Waals surface area contributed by atoms with Crippen molar-refractivity contribution in [1.82, 2.24) is 10.2 Å². The van der Waals surface area contributed by atoms with E-state index in [1.54, 1.807) is 0 Å². The Morgan fingerprint density at radius 1 is 1.38 bits per heavy atom. The van der Waals surface area contributed by atoms with Crippen molar-refractivity contribution >= 4 is 0 Å². The van der Waals surface area contributed by atoms with Crippen molar-refractivity contribution in [3.8, 4) is 0 Å². The average molecular weight is 228 g/mol. The molecule has 96 valence electrons. The highest BCUT2D eigenvalue weighted by molar-refractivity contribution is 4.78. The lowest BCUT2D eigenvalue weighted by Gasteiger charge is -2.37. The van der Waals surface area contributed by atoms with Gasteiger partial charge >= 0.3 is 0 Å². The number of nitrogens with one attached hydrogen (secondary N) is 1. The molecule has 0 aliphatic carbocycles. The normalized spacial score (nSPS) is 24.6. The average Bonchev–Trinajstić information content (AvgIpc) is 2.28. The van der Waals surface area contributed by atoms with Gasteiger partial charge in [-0.1, -0.05) is 20.3 Å². The Kier molecular flexibility index (Phi) is 7.01. The van der Waals surface area contributed by atoms with Gasteiger partial charge in [0.25, 0.3) is 0 Å². The molecular weight excluding hydrogens is 200 g/mol. The fraction of sp³-hybridized carbons (Fsp3) is 1.00. The van der Waals surface area contributed by atoms with Crippen LogP contribution < -0.4 is 5.32 Å². The Bertz CT molecular complexity index is 175. The minimum atomic E-state index is 0.402. The summed E-state index contributed by atoms with van der Waals surface area (Å²) in [7, 11) is 0. The SMILES string of the molecule is CCCNCC(CCC)N1CCOC(C)C1. The van der Waals surface area contributed by atoms with Crippen LogP contribution in [0, 0.1) is 0 Å². The number of hydrogen-bond donors (Lipinski definition) is 1. The van der Waals surface area contributed by atoms with Crippen LogP contribution in [0.2, 0.25) is 0 Å². The smallest absolute Gasteiger partial charge is 0.0674 e. The molecule has 1 fully saturated rings. The third-order valence-electron chi connectivity index (χ3n) is 3.22. The van der Waals surface area contributed by atoms with Gasteiger partial charge < -0.3 is 10.1 Å². The molecule has 0 aromatic carbocycles. The third kappa shape index (κ3) is 4.81. The van der Waals surface area contributed by atoms with E-state index in [0.29, 0.717) is 12.1 Å². The second kappa shape index (κ2) is 8.04. The summed E-state index contributed by atoms with van der Waals surface area (Å²) in [6.07, 6.45) is 4.19. The molecule has 0 radical (unpaired) electrons. The molecule has 2 unspecified atom stereocenters. The fourth-order valence-electron chi connectivity index (χ4n) is 2.37. The Morgan fingerprint density at radius 3 is 2.81 bits per heavy atom. The van der Waals surface area contributed by atoms with E-state index < -0.39 is 0 Å². The van der Waals surface area contributed by atoms with Crippen molar-refractivity contribution in [2.45, 2.75) is 52.2 Å². The van der Waals surface area contributed by atoms with Gasteiger partial charge in [-0.05, 0) is 26.3 Å². The van der Waals surface area contributed by atoms with E-state index in [2.05, 4.69) is 31.0 Å². The zero-order valence-corrected chi connectivity index (χ0v) is 11.2. The highest BCUT2D eigenvalue weighted by Gasteiger charge is 2.23. The van der Waals surface area contributed by atoms with Crippen LogP contribution in [0.4, 0.5) is 0 Å². The molecule has 0 spiro atoms. The largest absolute Gasteiger partial charge is 0.376 e. The van der Waals surface area contributed by atoms with Gasteiger partial charge in [0.05, 0.1) is 12.7 Å². The Labute approximate surface area is 101 Å². The van der Waals surface area contributed by atoms with Crippen LogP contribution in [-0.2, 0) is 4.74 Å². The summed E-state index contributed by atoms with van der Waals surface area (Å²) < 4.78 is 5.60. The summed E-state index contributed by atoms with van der Waals surface area (Å²) in [6, 6.07) is 0.697.